The summed E-state index contributed by atoms with van der Waals surface area (Å²) in [6, 6.07) is 9.79. The lowest BCUT2D eigenvalue weighted by molar-refractivity contribution is -0.138. The number of unbranched alkanes of at least 4 members (excludes halogenated alkanes) is 1. The molecular weight excluding hydrogens is 734 g/mol. The number of fused-ring (bicyclic) bond motifs is 3. The van der Waals surface area contributed by atoms with Crippen LogP contribution in [0.25, 0.3) is 11.1 Å². The summed E-state index contributed by atoms with van der Waals surface area (Å²) in [4.78, 5) is 91.0. The SMILES string of the molecule is CC(C)[C@H](NC(=O)[C@H](CCCCN)NC(=O)[C@@H](NC(=O)[C@@H](NC(=O)[C@H](CCC(=O)O)NC(=O)OCC1c2ccccc2-c2ccccc21)C(C)C)C(C)C)C(N)=O. The number of carbonyl (C=O) groups is 7. The minimum Gasteiger partial charge on any atom is -0.481 e. The monoisotopic (exact) mass is 793 g/mol. The van der Waals surface area contributed by atoms with Crippen LogP contribution in [0.15, 0.2) is 48.5 Å². The molecule has 5 atom stereocenters. The van der Waals surface area contributed by atoms with Gasteiger partial charge in [0.1, 0.15) is 36.8 Å². The summed E-state index contributed by atoms with van der Waals surface area (Å²) in [6.07, 6.45) is -0.429. The molecule has 3 rings (SSSR count). The fraction of sp³-hybridized carbons (Fsp3) is 0.537. The molecule has 0 aliphatic heterocycles. The Morgan fingerprint density at radius 1 is 0.632 bits per heavy atom. The maximum absolute atomic E-state index is 13.8. The van der Waals surface area contributed by atoms with Gasteiger partial charge in [0.15, 0.2) is 0 Å². The van der Waals surface area contributed by atoms with Crippen molar-refractivity contribution in [3.05, 3.63) is 59.7 Å². The van der Waals surface area contributed by atoms with Crippen LogP contribution in [0.2, 0.25) is 0 Å². The zero-order valence-electron chi connectivity index (χ0n) is 33.6. The summed E-state index contributed by atoms with van der Waals surface area (Å²) < 4.78 is 5.60. The van der Waals surface area contributed by atoms with E-state index in [2.05, 4.69) is 26.6 Å². The molecule has 0 fully saturated rings. The van der Waals surface area contributed by atoms with Gasteiger partial charge in [-0.2, -0.15) is 0 Å². The van der Waals surface area contributed by atoms with Gasteiger partial charge in [-0.25, -0.2) is 4.79 Å². The number of hydrogen-bond acceptors (Lipinski definition) is 9. The molecule has 16 nitrogen and oxygen atoms in total. The van der Waals surface area contributed by atoms with Gasteiger partial charge in [-0.05, 0) is 72.2 Å². The van der Waals surface area contributed by atoms with E-state index < -0.39 is 90.1 Å². The first-order valence-corrected chi connectivity index (χ1v) is 19.5. The van der Waals surface area contributed by atoms with E-state index in [0.29, 0.717) is 19.4 Å². The van der Waals surface area contributed by atoms with Gasteiger partial charge < -0.3 is 47.9 Å². The molecule has 1 aliphatic rings. The van der Waals surface area contributed by atoms with Gasteiger partial charge in [0.2, 0.25) is 29.5 Å². The van der Waals surface area contributed by atoms with Crippen LogP contribution >= 0.6 is 0 Å². The van der Waals surface area contributed by atoms with Crippen LogP contribution in [0.3, 0.4) is 0 Å². The Morgan fingerprint density at radius 2 is 1.09 bits per heavy atom. The largest absolute Gasteiger partial charge is 0.481 e. The summed E-state index contributed by atoms with van der Waals surface area (Å²) in [6.45, 7) is 10.5. The van der Waals surface area contributed by atoms with Crippen molar-refractivity contribution in [2.24, 2.45) is 29.2 Å². The van der Waals surface area contributed by atoms with E-state index in [1.165, 1.54) is 0 Å². The first-order valence-electron chi connectivity index (χ1n) is 19.5. The number of alkyl carbamates (subject to hydrolysis) is 1. The fourth-order valence-corrected chi connectivity index (χ4v) is 6.73. The van der Waals surface area contributed by atoms with Crippen LogP contribution in [0, 0.1) is 17.8 Å². The predicted molar refractivity (Wildman–Crippen MR) is 213 cm³/mol. The topological polar surface area (TPSA) is 261 Å². The highest BCUT2D eigenvalue weighted by molar-refractivity contribution is 5.96. The highest BCUT2D eigenvalue weighted by Crippen LogP contribution is 2.44. The smallest absolute Gasteiger partial charge is 0.407 e. The third-order valence-corrected chi connectivity index (χ3v) is 9.94. The molecule has 6 amide bonds. The second-order valence-electron chi connectivity index (χ2n) is 15.4. The van der Waals surface area contributed by atoms with Gasteiger partial charge >= 0.3 is 12.1 Å². The molecule has 1 aliphatic carbocycles. The standard InChI is InChI=1S/C41H59N7O9/c1-22(2)33(36(43)51)46-37(52)30(17-11-12-20-42)44-39(54)34(23(3)4)48-40(55)35(24(5)6)47-38(53)31(18-19-32(49)50)45-41(56)57-21-29-27-15-9-7-13-25(27)26-14-8-10-16-28(26)29/h7-10,13-16,22-24,29-31,33-35H,11-12,17-21,42H2,1-6H3,(H2,43,51)(H,44,54)(H,45,56)(H,46,52)(H,47,53)(H,48,55)(H,49,50)/t30-,31-,33-,34-,35-/m0/s1. The van der Waals surface area contributed by atoms with Crippen LogP contribution in [-0.2, 0) is 33.5 Å². The highest BCUT2D eigenvalue weighted by atomic mass is 16.5. The lowest BCUT2D eigenvalue weighted by atomic mass is 9.98. The van der Waals surface area contributed by atoms with Crippen LogP contribution in [0.5, 0.6) is 0 Å². The van der Waals surface area contributed by atoms with Crippen LogP contribution in [0.1, 0.15) is 90.7 Å². The van der Waals surface area contributed by atoms with E-state index in [0.717, 1.165) is 22.3 Å². The van der Waals surface area contributed by atoms with E-state index >= 15 is 0 Å². The minimum absolute atomic E-state index is 0.0399. The van der Waals surface area contributed by atoms with Gasteiger partial charge in [0, 0.05) is 12.3 Å². The van der Waals surface area contributed by atoms with Gasteiger partial charge in [0.05, 0.1) is 0 Å². The molecule has 0 aromatic heterocycles. The fourth-order valence-electron chi connectivity index (χ4n) is 6.73. The van der Waals surface area contributed by atoms with Gasteiger partial charge in [-0.3, -0.25) is 28.8 Å². The molecule has 0 bridgehead atoms. The first-order chi connectivity index (χ1) is 27.0. The molecule has 0 radical (unpaired) electrons. The van der Waals surface area contributed by atoms with Crippen LogP contribution in [-0.4, -0.2) is 90.1 Å². The van der Waals surface area contributed by atoms with Gasteiger partial charge in [0.25, 0.3) is 0 Å². The van der Waals surface area contributed by atoms with E-state index in [9.17, 15) is 38.7 Å². The summed E-state index contributed by atoms with van der Waals surface area (Å²) >= 11 is 0. The summed E-state index contributed by atoms with van der Waals surface area (Å²) in [7, 11) is 0. The summed E-state index contributed by atoms with van der Waals surface area (Å²) in [5, 5.41) is 22.5. The Hall–Kier alpha value is -5.51. The molecule has 0 saturated heterocycles. The quantitative estimate of drug-likeness (QED) is 0.0807. The van der Waals surface area contributed by atoms with Crippen molar-refractivity contribution in [1.82, 2.24) is 26.6 Å². The number of carbonyl (C=O) groups excluding carboxylic acids is 6. The molecule has 0 heterocycles. The number of hydrogen-bond donors (Lipinski definition) is 8. The Kier molecular flexibility index (Phi) is 17.5. The Morgan fingerprint density at radius 3 is 1.56 bits per heavy atom. The van der Waals surface area contributed by atoms with Gasteiger partial charge in [-0.15, -0.1) is 0 Å². The maximum atomic E-state index is 13.8. The average molecular weight is 794 g/mol. The minimum atomic E-state index is -1.38. The Labute approximate surface area is 334 Å². The van der Waals surface area contributed by atoms with Crippen molar-refractivity contribution >= 4 is 41.6 Å². The number of benzene rings is 2. The van der Waals surface area contributed by atoms with E-state index in [4.69, 9.17) is 16.2 Å². The van der Waals surface area contributed by atoms with Crippen molar-refractivity contribution < 1.29 is 43.4 Å². The second-order valence-corrected chi connectivity index (χ2v) is 15.4. The molecule has 2 aromatic rings. The molecule has 312 valence electrons. The number of nitrogens with one attached hydrogen (secondary N) is 5. The number of aliphatic carboxylic acids is 1. The lowest BCUT2D eigenvalue weighted by Crippen LogP contribution is -2.61. The van der Waals surface area contributed by atoms with E-state index in [-0.39, 0.29) is 31.3 Å². The molecule has 16 heteroatoms. The van der Waals surface area contributed by atoms with Crippen LogP contribution < -0.4 is 38.1 Å². The van der Waals surface area contributed by atoms with E-state index in [1.807, 2.05) is 48.5 Å². The Bertz CT molecular complexity index is 1700. The molecule has 10 N–H and O–H groups in total. The number of carboxylic acid groups (broad SMARTS) is 1. The first kappa shape index (κ1) is 45.9. The highest BCUT2D eigenvalue weighted by Gasteiger charge is 2.35. The average Bonchev–Trinajstić information content (AvgIpc) is 3.47. The number of primary amides is 1. The number of ether oxygens (including phenoxy) is 1. The Balaban J connectivity index is 1.72. The lowest BCUT2D eigenvalue weighted by Gasteiger charge is -2.30. The third-order valence-electron chi connectivity index (χ3n) is 9.94. The molecule has 0 unspecified atom stereocenters. The maximum Gasteiger partial charge on any atom is 0.407 e. The normalized spacial score (nSPS) is 14.7. The van der Waals surface area contributed by atoms with Crippen molar-refractivity contribution in [1.29, 1.82) is 0 Å². The number of nitrogens with two attached hydrogens (primary N) is 2. The summed E-state index contributed by atoms with van der Waals surface area (Å²) in [5.74, 6) is -6.31. The van der Waals surface area contributed by atoms with Gasteiger partial charge in [-0.1, -0.05) is 90.1 Å². The van der Waals surface area contributed by atoms with Crippen molar-refractivity contribution in [2.45, 2.75) is 110 Å². The number of carboxylic acids is 1. The predicted octanol–water partition coefficient (Wildman–Crippen LogP) is 2.28. The third kappa shape index (κ3) is 13.0. The molecular formula is C41H59N7O9. The number of amides is 6. The zero-order valence-corrected chi connectivity index (χ0v) is 33.6. The van der Waals surface area contributed by atoms with Crippen molar-refractivity contribution in [3.8, 4) is 11.1 Å². The van der Waals surface area contributed by atoms with E-state index in [1.54, 1.807) is 41.5 Å². The number of rotatable bonds is 22. The molecule has 2 aromatic carbocycles. The van der Waals surface area contributed by atoms with Crippen molar-refractivity contribution in [2.75, 3.05) is 13.2 Å². The van der Waals surface area contributed by atoms with Crippen molar-refractivity contribution in [3.63, 3.8) is 0 Å². The molecule has 57 heavy (non-hydrogen) atoms. The second kappa shape index (κ2) is 21.7. The van der Waals surface area contributed by atoms with Crippen LogP contribution in [0.4, 0.5) is 4.79 Å². The summed E-state index contributed by atoms with van der Waals surface area (Å²) in [5.41, 5.74) is 15.2. The molecule has 0 saturated carbocycles. The molecule has 0 spiro atoms. The zero-order chi connectivity index (χ0) is 42.4.